The Hall–Kier alpha value is -1.06. The summed E-state index contributed by atoms with van der Waals surface area (Å²) in [4.78, 5) is 0. The van der Waals surface area contributed by atoms with E-state index < -0.39 is 0 Å². The molecule has 0 aromatic heterocycles. The lowest BCUT2D eigenvalue weighted by Gasteiger charge is -2.26. The van der Waals surface area contributed by atoms with Crippen LogP contribution < -0.4 is 10.6 Å². The van der Waals surface area contributed by atoms with Crippen molar-refractivity contribution in [2.75, 3.05) is 20.1 Å². The number of hydrogen-bond donors (Lipinski definition) is 3. The first kappa shape index (κ1) is 9.49. The predicted molar refractivity (Wildman–Crippen MR) is 56.5 cm³/mol. The summed E-state index contributed by atoms with van der Waals surface area (Å²) < 4.78 is 0. The number of fused-ring (bicyclic) bond motifs is 1. The molecule has 1 aromatic carbocycles. The van der Waals surface area contributed by atoms with Crippen molar-refractivity contribution in [3.63, 3.8) is 0 Å². The number of hydrogen-bond acceptors (Lipinski definition) is 3. The molecule has 14 heavy (non-hydrogen) atoms. The van der Waals surface area contributed by atoms with Crippen molar-refractivity contribution < 1.29 is 5.11 Å². The molecular formula is C11H16N2O. The molecule has 0 bridgehead atoms. The van der Waals surface area contributed by atoms with Crippen molar-refractivity contribution in [3.05, 3.63) is 29.3 Å². The van der Waals surface area contributed by atoms with E-state index in [-0.39, 0.29) is 0 Å². The second-order valence-electron chi connectivity index (χ2n) is 3.77. The van der Waals surface area contributed by atoms with Gasteiger partial charge in [0.2, 0.25) is 0 Å². The Balaban J connectivity index is 2.30. The Labute approximate surface area is 84.1 Å². The Morgan fingerprint density at radius 1 is 1.57 bits per heavy atom. The van der Waals surface area contributed by atoms with Crippen LogP contribution in [0.3, 0.4) is 0 Å². The fourth-order valence-electron chi connectivity index (χ4n) is 2.06. The molecule has 0 saturated carbocycles. The Bertz CT molecular complexity index is 325. The van der Waals surface area contributed by atoms with Gasteiger partial charge < -0.3 is 15.7 Å². The van der Waals surface area contributed by atoms with E-state index in [1.165, 1.54) is 11.1 Å². The Morgan fingerprint density at radius 2 is 2.43 bits per heavy atom. The number of aromatic hydroxyl groups is 1. The van der Waals surface area contributed by atoms with Crippen LogP contribution in [0.1, 0.15) is 17.0 Å². The van der Waals surface area contributed by atoms with Crippen molar-refractivity contribution >= 4 is 0 Å². The van der Waals surface area contributed by atoms with Gasteiger partial charge in [-0.15, -0.1) is 0 Å². The number of phenols is 1. The number of benzene rings is 1. The van der Waals surface area contributed by atoms with E-state index in [9.17, 15) is 5.11 Å². The van der Waals surface area contributed by atoms with E-state index in [1.54, 1.807) is 6.07 Å². The molecule has 0 radical (unpaired) electrons. The van der Waals surface area contributed by atoms with Crippen LogP contribution in [-0.4, -0.2) is 25.2 Å². The maximum Gasteiger partial charge on any atom is 0.115 e. The zero-order valence-corrected chi connectivity index (χ0v) is 8.38. The summed E-state index contributed by atoms with van der Waals surface area (Å²) >= 11 is 0. The minimum atomic E-state index is 0.357. The van der Waals surface area contributed by atoms with Gasteiger partial charge in [0.15, 0.2) is 0 Å². The fourth-order valence-corrected chi connectivity index (χ4v) is 2.06. The van der Waals surface area contributed by atoms with Crippen molar-refractivity contribution in [2.24, 2.45) is 0 Å². The first-order chi connectivity index (χ1) is 6.81. The van der Waals surface area contributed by atoms with Gasteiger partial charge in [-0.3, -0.25) is 0 Å². The quantitative estimate of drug-likeness (QED) is 0.649. The lowest BCUT2D eigenvalue weighted by Crippen LogP contribution is -2.33. The molecule has 3 N–H and O–H groups in total. The number of nitrogens with one attached hydrogen (secondary N) is 2. The van der Waals surface area contributed by atoms with Crippen LogP contribution in [0.4, 0.5) is 0 Å². The maximum atomic E-state index is 9.36. The fraction of sp³-hybridized carbons (Fsp3) is 0.455. The number of rotatable bonds is 2. The third-order valence-corrected chi connectivity index (χ3v) is 2.72. The highest BCUT2D eigenvalue weighted by molar-refractivity contribution is 5.38. The summed E-state index contributed by atoms with van der Waals surface area (Å²) in [6.07, 6.45) is 0. The molecule has 0 aliphatic carbocycles. The van der Waals surface area contributed by atoms with E-state index in [1.807, 2.05) is 19.2 Å². The predicted octanol–water partition coefficient (Wildman–Crippen LogP) is 0.798. The highest BCUT2D eigenvalue weighted by atomic mass is 16.3. The smallest absolute Gasteiger partial charge is 0.115 e. The van der Waals surface area contributed by atoms with Crippen LogP contribution in [0.2, 0.25) is 0 Å². The van der Waals surface area contributed by atoms with Gasteiger partial charge in [0.1, 0.15) is 5.75 Å². The molecule has 3 nitrogen and oxygen atoms in total. The maximum absolute atomic E-state index is 9.36. The molecule has 0 fully saturated rings. The van der Waals surface area contributed by atoms with Gasteiger partial charge in [0.25, 0.3) is 0 Å². The van der Waals surface area contributed by atoms with Crippen LogP contribution in [0, 0.1) is 0 Å². The highest BCUT2D eigenvalue weighted by Gasteiger charge is 2.18. The summed E-state index contributed by atoms with van der Waals surface area (Å²) in [7, 11) is 1.97. The molecule has 1 atom stereocenters. The topological polar surface area (TPSA) is 44.3 Å². The van der Waals surface area contributed by atoms with E-state index in [0.29, 0.717) is 11.7 Å². The zero-order chi connectivity index (χ0) is 9.97. The van der Waals surface area contributed by atoms with Gasteiger partial charge in [-0.1, -0.05) is 6.07 Å². The lowest BCUT2D eigenvalue weighted by atomic mass is 9.90. The van der Waals surface area contributed by atoms with E-state index in [2.05, 4.69) is 10.6 Å². The molecule has 1 aromatic rings. The van der Waals surface area contributed by atoms with Crippen molar-refractivity contribution in [3.8, 4) is 5.75 Å². The summed E-state index contributed by atoms with van der Waals surface area (Å²) in [6, 6.07) is 5.66. The average molecular weight is 192 g/mol. The van der Waals surface area contributed by atoms with Gasteiger partial charge in [0.05, 0.1) is 0 Å². The van der Waals surface area contributed by atoms with Crippen LogP contribution >= 0.6 is 0 Å². The zero-order valence-electron chi connectivity index (χ0n) is 8.38. The molecule has 0 saturated heterocycles. The summed E-state index contributed by atoms with van der Waals surface area (Å²) in [5.74, 6) is 0.875. The highest BCUT2D eigenvalue weighted by Crippen LogP contribution is 2.26. The van der Waals surface area contributed by atoms with Crippen molar-refractivity contribution in [1.82, 2.24) is 10.6 Å². The third-order valence-electron chi connectivity index (χ3n) is 2.72. The molecule has 1 unspecified atom stereocenters. The SMILES string of the molecule is CNCC1CNCc2cc(O)ccc21. The van der Waals surface area contributed by atoms with Crippen LogP contribution in [0.5, 0.6) is 5.75 Å². The van der Waals surface area contributed by atoms with Gasteiger partial charge in [-0.25, -0.2) is 0 Å². The monoisotopic (exact) mass is 192 g/mol. The molecule has 1 heterocycles. The minimum absolute atomic E-state index is 0.357. The largest absolute Gasteiger partial charge is 0.508 e. The molecular weight excluding hydrogens is 176 g/mol. The van der Waals surface area contributed by atoms with Crippen molar-refractivity contribution in [1.29, 1.82) is 0 Å². The Kier molecular flexibility index (Phi) is 2.70. The average Bonchev–Trinajstić information content (AvgIpc) is 2.18. The van der Waals surface area contributed by atoms with Crippen molar-refractivity contribution in [2.45, 2.75) is 12.5 Å². The molecule has 2 rings (SSSR count). The third kappa shape index (κ3) is 1.74. The van der Waals surface area contributed by atoms with E-state index in [0.717, 1.165) is 19.6 Å². The van der Waals surface area contributed by atoms with E-state index >= 15 is 0 Å². The van der Waals surface area contributed by atoms with E-state index in [4.69, 9.17) is 0 Å². The second kappa shape index (κ2) is 3.98. The Morgan fingerprint density at radius 3 is 3.21 bits per heavy atom. The molecule has 1 aliphatic rings. The minimum Gasteiger partial charge on any atom is -0.508 e. The van der Waals surface area contributed by atoms with Crippen LogP contribution in [0.15, 0.2) is 18.2 Å². The normalized spacial score (nSPS) is 20.5. The van der Waals surface area contributed by atoms with Gasteiger partial charge in [0, 0.05) is 25.6 Å². The summed E-state index contributed by atoms with van der Waals surface area (Å²) in [5.41, 5.74) is 2.58. The molecule has 0 spiro atoms. The molecule has 1 aliphatic heterocycles. The standard InChI is InChI=1S/C11H16N2O/c1-12-5-9-7-13-6-8-4-10(14)2-3-11(8)9/h2-4,9,12-14H,5-7H2,1H3. The van der Waals surface area contributed by atoms with Gasteiger partial charge in [-0.2, -0.15) is 0 Å². The van der Waals surface area contributed by atoms with Crippen LogP contribution in [0.25, 0.3) is 0 Å². The lowest BCUT2D eigenvalue weighted by molar-refractivity contribution is 0.468. The molecule has 0 amide bonds. The van der Waals surface area contributed by atoms with Gasteiger partial charge >= 0.3 is 0 Å². The van der Waals surface area contributed by atoms with Crippen LogP contribution in [-0.2, 0) is 6.54 Å². The van der Waals surface area contributed by atoms with Gasteiger partial charge in [-0.05, 0) is 30.3 Å². The molecule has 76 valence electrons. The molecule has 3 heteroatoms. The number of phenolic OH excluding ortho intramolecular Hbond substituents is 1. The summed E-state index contributed by atoms with van der Waals surface area (Å²) in [6.45, 7) is 2.85. The first-order valence-electron chi connectivity index (χ1n) is 4.98. The summed E-state index contributed by atoms with van der Waals surface area (Å²) in [5, 5.41) is 15.9. The second-order valence-corrected chi connectivity index (χ2v) is 3.77. The first-order valence-corrected chi connectivity index (χ1v) is 4.98. The number of likely N-dealkylation sites (N-methyl/N-ethyl adjacent to an activating group) is 1.